The number of hydrogen-bond acceptors (Lipinski definition) is 2. The molecular weight excluding hydrogens is 523 g/mol. The molecule has 1 N–H and O–H groups in total. The summed E-state index contributed by atoms with van der Waals surface area (Å²) in [7, 11) is 0. The molecule has 0 aromatic heterocycles. The molecule has 4 aromatic carbocycles. The first-order valence-corrected chi connectivity index (χ1v) is 14.0. The first-order chi connectivity index (χ1) is 19.9. The summed E-state index contributed by atoms with van der Waals surface area (Å²) in [6.07, 6.45) is -2.26. The summed E-state index contributed by atoms with van der Waals surface area (Å²) in [5.41, 5.74) is 2.83. The lowest BCUT2D eigenvalue weighted by atomic mass is 9.88. The zero-order valence-corrected chi connectivity index (χ0v) is 22.8. The molecule has 1 fully saturated rings. The molecule has 1 aliphatic rings. The molecule has 1 saturated heterocycles. The third kappa shape index (κ3) is 7.28. The molecule has 0 spiro atoms. The highest BCUT2D eigenvalue weighted by molar-refractivity contribution is 5.89. The number of anilines is 2. The quantitative estimate of drug-likeness (QED) is 0.236. The van der Waals surface area contributed by atoms with Crippen LogP contribution in [-0.4, -0.2) is 36.6 Å². The first kappa shape index (κ1) is 28.3. The fraction of sp³-hybridized carbons (Fsp3) is 0.265. The van der Waals surface area contributed by atoms with Crippen LogP contribution < -0.4 is 10.2 Å². The van der Waals surface area contributed by atoms with Crippen molar-refractivity contribution in [3.63, 3.8) is 0 Å². The van der Waals surface area contributed by atoms with E-state index in [9.17, 15) is 18.0 Å². The second kappa shape index (κ2) is 12.9. The monoisotopic (exact) mass is 557 g/mol. The third-order valence-electron chi connectivity index (χ3n) is 7.79. The molecule has 212 valence electrons. The van der Waals surface area contributed by atoms with E-state index in [0.717, 1.165) is 54.9 Å². The number of halogens is 3. The lowest BCUT2D eigenvalue weighted by Crippen LogP contribution is -2.49. The minimum Gasteiger partial charge on any atom is -0.371 e. The van der Waals surface area contributed by atoms with Crippen LogP contribution in [0.2, 0.25) is 0 Å². The van der Waals surface area contributed by atoms with E-state index in [-0.39, 0.29) is 23.7 Å². The Kier molecular flexibility index (Phi) is 8.92. The van der Waals surface area contributed by atoms with Crippen molar-refractivity contribution in [2.45, 2.75) is 37.4 Å². The standard InChI is InChI=1S/C34H34F3N3O/c35-34(36,37)28-15-10-16-29(25-28)38-33(41)40(31-19-22-39(23-20-31)30-17-8-3-9-18-30)24-21-32(26-11-4-1-5-12-26)27-13-6-2-7-14-27/h1-18,25,31-32H,19-24H2,(H,38,41). The van der Waals surface area contributed by atoms with E-state index in [0.29, 0.717) is 13.0 Å². The molecule has 1 aliphatic heterocycles. The van der Waals surface area contributed by atoms with E-state index in [1.807, 2.05) is 59.5 Å². The number of benzene rings is 4. The average molecular weight is 558 g/mol. The number of amides is 2. The highest BCUT2D eigenvalue weighted by Crippen LogP contribution is 2.32. The topological polar surface area (TPSA) is 35.6 Å². The highest BCUT2D eigenvalue weighted by atomic mass is 19.4. The Hall–Kier alpha value is -4.26. The van der Waals surface area contributed by atoms with Crippen LogP contribution in [0.15, 0.2) is 115 Å². The Morgan fingerprint density at radius 3 is 1.93 bits per heavy atom. The summed E-state index contributed by atoms with van der Waals surface area (Å²) in [5, 5.41) is 2.77. The van der Waals surface area contributed by atoms with Crippen molar-refractivity contribution >= 4 is 17.4 Å². The number of nitrogens with one attached hydrogen (secondary N) is 1. The Bertz CT molecular complexity index is 1350. The molecule has 5 rings (SSSR count). The largest absolute Gasteiger partial charge is 0.416 e. The average Bonchev–Trinajstić information content (AvgIpc) is 3.00. The fourth-order valence-corrected chi connectivity index (χ4v) is 5.66. The summed E-state index contributed by atoms with van der Waals surface area (Å²) < 4.78 is 40.0. The van der Waals surface area contributed by atoms with Gasteiger partial charge in [0, 0.05) is 43.0 Å². The number of carbonyl (C=O) groups is 1. The molecule has 41 heavy (non-hydrogen) atoms. The molecule has 0 atom stereocenters. The van der Waals surface area contributed by atoms with E-state index in [2.05, 4.69) is 46.6 Å². The van der Waals surface area contributed by atoms with E-state index in [1.54, 1.807) is 0 Å². The van der Waals surface area contributed by atoms with Gasteiger partial charge in [0.15, 0.2) is 0 Å². The summed E-state index contributed by atoms with van der Waals surface area (Å²) >= 11 is 0. The normalized spacial score (nSPS) is 14.2. The van der Waals surface area contributed by atoms with E-state index in [4.69, 9.17) is 0 Å². The number of para-hydroxylation sites is 1. The van der Waals surface area contributed by atoms with Crippen LogP contribution in [0.5, 0.6) is 0 Å². The van der Waals surface area contributed by atoms with Gasteiger partial charge in [-0.15, -0.1) is 0 Å². The second-order valence-corrected chi connectivity index (χ2v) is 10.4. The number of urea groups is 1. The zero-order chi connectivity index (χ0) is 28.7. The Balaban J connectivity index is 1.37. The molecule has 0 radical (unpaired) electrons. The summed E-state index contributed by atoms with van der Waals surface area (Å²) in [5.74, 6) is 0.0747. The molecule has 7 heteroatoms. The maximum Gasteiger partial charge on any atom is 0.416 e. The Labute approximate surface area is 239 Å². The van der Waals surface area contributed by atoms with Gasteiger partial charge in [-0.2, -0.15) is 13.2 Å². The first-order valence-electron chi connectivity index (χ1n) is 14.0. The Morgan fingerprint density at radius 1 is 0.805 bits per heavy atom. The van der Waals surface area contributed by atoms with Gasteiger partial charge in [-0.1, -0.05) is 84.9 Å². The van der Waals surface area contributed by atoms with Crippen LogP contribution in [0.3, 0.4) is 0 Å². The summed E-state index contributed by atoms with van der Waals surface area (Å²) in [6, 6.07) is 35.1. The third-order valence-corrected chi connectivity index (χ3v) is 7.79. The van der Waals surface area contributed by atoms with Crippen molar-refractivity contribution < 1.29 is 18.0 Å². The number of hydrogen-bond donors (Lipinski definition) is 1. The minimum atomic E-state index is -4.48. The number of alkyl halides is 3. The van der Waals surface area contributed by atoms with Crippen molar-refractivity contribution in [2.75, 3.05) is 29.9 Å². The lowest BCUT2D eigenvalue weighted by molar-refractivity contribution is -0.137. The number of carbonyl (C=O) groups excluding carboxylic acids is 1. The fourth-order valence-electron chi connectivity index (χ4n) is 5.66. The van der Waals surface area contributed by atoms with Gasteiger partial charge in [-0.05, 0) is 60.7 Å². The Morgan fingerprint density at radius 2 is 1.37 bits per heavy atom. The van der Waals surface area contributed by atoms with Gasteiger partial charge >= 0.3 is 12.2 Å². The van der Waals surface area contributed by atoms with Crippen LogP contribution in [0.25, 0.3) is 0 Å². The predicted molar refractivity (Wildman–Crippen MR) is 158 cm³/mol. The molecule has 0 saturated carbocycles. The predicted octanol–water partition coefficient (Wildman–Crippen LogP) is 8.43. The maximum absolute atomic E-state index is 13.7. The highest BCUT2D eigenvalue weighted by Gasteiger charge is 2.32. The molecule has 1 heterocycles. The van der Waals surface area contributed by atoms with Gasteiger partial charge in [0.25, 0.3) is 0 Å². The van der Waals surface area contributed by atoms with Crippen molar-refractivity contribution in [1.82, 2.24) is 4.90 Å². The number of nitrogens with zero attached hydrogens (tertiary/aromatic N) is 2. The smallest absolute Gasteiger partial charge is 0.371 e. The zero-order valence-electron chi connectivity index (χ0n) is 22.8. The maximum atomic E-state index is 13.7. The summed E-state index contributed by atoms with van der Waals surface area (Å²) in [6.45, 7) is 2.06. The van der Waals surface area contributed by atoms with Gasteiger partial charge < -0.3 is 15.1 Å². The van der Waals surface area contributed by atoms with Gasteiger partial charge in [0.05, 0.1) is 5.56 Å². The van der Waals surface area contributed by atoms with Gasteiger partial charge in [0.1, 0.15) is 0 Å². The van der Waals surface area contributed by atoms with Crippen LogP contribution in [0.1, 0.15) is 41.9 Å². The van der Waals surface area contributed by atoms with E-state index < -0.39 is 11.7 Å². The van der Waals surface area contributed by atoms with Crippen LogP contribution in [0.4, 0.5) is 29.3 Å². The molecule has 4 nitrogen and oxygen atoms in total. The lowest BCUT2D eigenvalue weighted by Gasteiger charge is -2.40. The van der Waals surface area contributed by atoms with E-state index in [1.165, 1.54) is 12.1 Å². The van der Waals surface area contributed by atoms with Gasteiger partial charge in [0.2, 0.25) is 0 Å². The number of rotatable bonds is 8. The van der Waals surface area contributed by atoms with Gasteiger partial charge in [-0.3, -0.25) is 0 Å². The molecule has 0 bridgehead atoms. The molecule has 2 amide bonds. The number of piperidine rings is 1. The van der Waals surface area contributed by atoms with Crippen molar-refractivity contribution in [3.05, 3.63) is 132 Å². The SMILES string of the molecule is O=C(Nc1cccc(C(F)(F)F)c1)N(CCC(c1ccccc1)c1ccccc1)C1CCN(c2ccccc2)CC1. The second-order valence-electron chi connectivity index (χ2n) is 10.4. The molecule has 4 aromatic rings. The van der Waals surface area contributed by atoms with Crippen LogP contribution in [0, 0.1) is 0 Å². The van der Waals surface area contributed by atoms with E-state index >= 15 is 0 Å². The molecule has 0 unspecified atom stereocenters. The van der Waals surface area contributed by atoms with Crippen molar-refractivity contribution in [3.8, 4) is 0 Å². The minimum absolute atomic E-state index is 0.0343. The van der Waals surface area contributed by atoms with Crippen LogP contribution >= 0.6 is 0 Å². The summed E-state index contributed by atoms with van der Waals surface area (Å²) in [4.78, 5) is 17.9. The van der Waals surface area contributed by atoms with Gasteiger partial charge in [-0.25, -0.2) is 4.79 Å². The molecular formula is C34H34F3N3O. The molecule has 0 aliphatic carbocycles. The van der Waals surface area contributed by atoms with Crippen molar-refractivity contribution in [2.24, 2.45) is 0 Å². The van der Waals surface area contributed by atoms with Crippen molar-refractivity contribution in [1.29, 1.82) is 0 Å². The van der Waals surface area contributed by atoms with Crippen LogP contribution in [-0.2, 0) is 6.18 Å².